The van der Waals surface area contributed by atoms with Gasteiger partial charge in [-0.3, -0.25) is 9.59 Å². The summed E-state index contributed by atoms with van der Waals surface area (Å²) in [5, 5.41) is 6.71. The molecule has 0 spiro atoms. The number of nitrogens with one attached hydrogen (secondary N) is 1. The maximum absolute atomic E-state index is 12.7. The van der Waals surface area contributed by atoms with Crippen LogP contribution in [0.2, 0.25) is 0 Å². The Labute approximate surface area is 117 Å². The van der Waals surface area contributed by atoms with Crippen molar-refractivity contribution in [3.8, 4) is 0 Å². The van der Waals surface area contributed by atoms with Crippen LogP contribution in [0.1, 0.15) is 42.6 Å². The molecular weight excluding hydrogens is 260 g/mol. The van der Waals surface area contributed by atoms with Gasteiger partial charge in [-0.1, -0.05) is 13.3 Å². The van der Waals surface area contributed by atoms with Crippen LogP contribution in [0.3, 0.4) is 0 Å². The van der Waals surface area contributed by atoms with Crippen LogP contribution in [-0.2, 0) is 4.79 Å². The molecular formula is C14H20N2O2S. The summed E-state index contributed by atoms with van der Waals surface area (Å²) in [5.74, 6) is -0.0635. The molecule has 0 saturated carbocycles. The number of thiophene rings is 1. The molecule has 1 N–H and O–H groups in total. The zero-order valence-electron chi connectivity index (χ0n) is 11.7. The number of hydrogen-bond donors (Lipinski definition) is 1. The summed E-state index contributed by atoms with van der Waals surface area (Å²) in [5.41, 5.74) is 0.986. The van der Waals surface area contributed by atoms with Gasteiger partial charge in [-0.25, -0.2) is 0 Å². The van der Waals surface area contributed by atoms with Gasteiger partial charge in [0.15, 0.2) is 0 Å². The Kier molecular flexibility index (Phi) is 3.94. The third-order valence-electron chi connectivity index (χ3n) is 3.77. The topological polar surface area (TPSA) is 49.4 Å². The number of piperazine rings is 1. The molecule has 1 aromatic rings. The van der Waals surface area contributed by atoms with Crippen molar-refractivity contribution >= 4 is 23.2 Å². The van der Waals surface area contributed by atoms with E-state index in [9.17, 15) is 9.59 Å². The van der Waals surface area contributed by atoms with Crippen LogP contribution < -0.4 is 5.32 Å². The minimum absolute atomic E-state index is 0.0236. The molecule has 19 heavy (non-hydrogen) atoms. The zero-order chi connectivity index (χ0) is 14.0. The fourth-order valence-electron chi connectivity index (χ4n) is 2.63. The molecule has 1 fully saturated rings. The monoisotopic (exact) mass is 280 g/mol. The third kappa shape index (κ3) is 2.39. The second-order valence-corrected chi connectivity index (χ2v) is 5.95. The van der Waals surface area contributed by atoms with Crippen LogP contribution in [0, 0.1) is 6.92 Å². The average Bonchev–Trinajstić information content (AvgIpc) is 2.79. The maximum Gasteiger partial charge on any atom is 0.255 e. The normalized spacial score (nSPS) is 23.3. The van der Waals surface area contributed by atoms with E-state index in [4.69, 9.17) is 0 Å². The van der Waals surface area contributed by atoms with Gasteiger partial charge < -0.3 is 10.2 Å². The third-order valence-corrected chi connectivity index (χ3v) is 4.64. The lowest BCUT2D eigenvalue weighted by atomic mass is 9.90. The maximum atomic E-state index is 12.7. The molecule has 1 saturated heterocycles. The van der Waals surface area contributed by atoms with Gasteiger partial charge in [0.2, 0.25) is 5.91 Å². The van der Waals surface area contributed by atoms with Crippen molar-refractivity contribution in [1.82, 2.24) is 10.2 Å². The van der Waals surface area contributed by atoms with Gasteiger partial charge >= 0.3 is 0 Å². The molecule has 2 amide bonds. The predicted molar refractivity (Wildman–Crippen MR) is 76.4 cm³/mol. The SMILES string of the molecule is CCC[C@@]1(C)C(=O)NCCN1C(=O)c1cscc1C. The molecule has 2 heterocycles. The first-order valence-corrected chi connectivity index (χ1v) is 7.58. The van der Waals surface area contributed by atoms with E-state index in [1.54, 1.807) is 4.90 Å². The summed E-state index contributed by atoms with van der Waals surface area (Å²) < 4.78 is 0. The lowest BCUT2D eigenvalue weighted by Crippen LogP contribution is -2.64. The Hall–Kier alpha value is -1.36. The van der Waals surface area contributed by atoms with Gasteiger partial charge in [-0.05, 0) is 31.2 Å². The Balaban J connectivity index is 2.33. The van der Waals surface area contributed by atoms with E-state index in [0.717, 1.165) is 17.5 Å². The zero-order valence-corrected chi connectivity index (χ0v) is 12.5. The van der Waals surface area contributed by atoms with E-state index < -0.39 is 5.54 Å². The lowest BCUT2D eigenvalue weighted by molar-refractivity contribution is -0.134. The number of aryl methyl sites for hydroxylation is 1. The van der Waals surface area contributed by atoms with Crippen molar-refractivity contribution in [2.24, 2.45) is 0 Å². The molecule has 104 valence electrons. The van der Waals surface area contributed by atoms with Crippen molar-refractivity contribution < 1.29 is 9.59 Å². The van der Waals surface area contributed by atoms with E-state index in [2.05, 4.69) is 5.32 Å². The van der Waals surface area contributed by atoms with Crippen LogP contribution in [0.15, 0.2) is 10.8 Å². The molecule has 0 radical (unpaired) electrons. The summed E-state index contributed by atoms with van der Waals surface area (Å²) in [6, 6.07) is 0. The molecule has 1 aliphatic rings. The lowest BCUT2D eigenvalue weighted by Gasteiger charge is -2.43. The summed E-state index contributed by atoms with van der Waals surface area (Å²) in [6.45, 7) is 6.95. The van der Waals surface area contributed by atoms with Crippen LogP contribution in [-0.4, -0.2) is 35.3 Å². The molecule has 1 aromatic heterocycles. The van der Waals surface area contributed by atoms with Gasteiger partial charge in [-0.15, -0.1) is 0 Å². The fraction of sp³-hybridized carbons (Fsp3) is 0.571. The van der Waals surface area contributed by atoms with Crippen molar-refractivity contribution in [3.05, 3.63) is 21.9 Å². The summed E-state index contributed by atoms with van der Waals surface area (Å²) in [4.78, 5) is 26.6. The molecule has 0 unspecified atom stereocenters. The van der Waals surface area contributed by atoms with E-state index in [1.807, 2.05) is 31.5 Å². The highest BCUT2D eigenvalue weighted by molar-refractivity contribution is 7.08. The minimum Gasteiger partial charge on any atom is -0.352 e. The second kappa shape index (κ2) is 5.33. The Morgan fingerprint density at radius 2 is 2.26 bits per heavy atom. The molecule has 0 aliphatic carbocycles. The van der Waals surface area contributed by atoms with Gasteiger partial charge in [-0.2, -0.15) is 11.3 Å². The first-order chi connectivity index (χ1) is 9.00. The number of amides is 2. The number of hydrogen-bond acceptors (Lipinski definition) is 3. The van der Waals surface area contributed by atoms with Gasteiger partial charge in [0.1, 0.15) is 5.54 Å². The number of rotatable bonds is 3. The number of carbonyl (C=O) groups is 2. The molecule has 1 atom stereocenters. The molecule has 2 rings (SSSR count). The van der Waals surface area contributed by atoms with E-state index in [1.165, 1.54) is 11.3 Å². The summed E-state index contributed by atoms with van der Waals surface area (Å²) >= 11 is 1.52. The van der Waals surface area contributed by atoms with Crippen molar-refractivity contribution in [2.45, 2.75) is 39.2 Å². The van der Waals surface area contributed by atoms with Gasteiger partial charge in [0, 0.05) is 18.5 Å². The molecule has 4 nitrogen and oxygen atoms in total. The smallest absolute Gasteiger partial charge is 0.255 e. The molecule has 1 aliphatic heterocycles. The largest absolute Gasteiger partial charge is 0.352 e. The van der Waals surface area contributed by atoms with Crippen molar-refractivity contribution in [3.63, 3.8) is 0 Å². The first-order valence-electron chi connectivity index (χ1n) is 6.63. The minimum atomic E-state index is -0.724. The Morgan fingerprint density at radius 1 is 1.53 bits per heavy atom. The Bertz CT molecular complexity index is 497. The highest BCUT2D eigenvalue weighted by Crippen LogP contribution is 2.27. The molecule has 0 aromatic carbocycles. The number of nitrogens with zero attached hydrogens (tertiary/aromatic N) is 1. The quantitative estimate of drug-likeness (QED) is 0.922. The van der Waals surface area contributed by atoms with Crippen LogP contribution >= 0.6 is 11.3 Å². The Morgan fingerprint density at radius 3 is 2.84 bits per heavy atom. The summed E-state index contributed by atoms with van der Waals surface area (Å²) in [7, 11) is 0. The van der Waals surface area contributed by atoms with Crippen molar-refractivity contribution in [1.29, 1.82) is 0 Å². The predicted octanol–water partition coefficient (Wildman–Crippen LogP) is 2.19. The highest BCUT2D eigenvalue weighted by atomic mass is 32.1. The van der Waals surface area contributed by atoms with Crippen molar-refractivity contribution in [2.75, 3.05) is 13.1 Å². The van der Waals surface area contributed by atoms with Gasteiger partial charge in [0.05, 0.1) is 5.56 Å². The first kappa shape index (κ1) is 14.1. The van der Waals surface area contributed by atoms with E-state index in [0.29, 0.717) is 19.5 Å². The standard InChI is InChI=1S/C14H20N2O2S/c1-4-5-14(3)13(18)15-6-7-16(14)12(17)11-9-19-8-10(11)2/h8-9H,4-7H2,1-3H3,(H,15,18)/t14-/m0/s1. The van der Waals surface area contributed by atoms with E-state index >= 15 is 0 Å². The second-order valence-electron chi connectivity index (χ2n) is 5.21. The van der Waals surface area contributed by atoms with Crippen LogP contribution in [0.4, 0.5) is 0 Å². The van der Waals surface area contributed by atoms with Crippen LogP contribution in [0.5, 0.6) is 0 Å². The molecule has 5 heteroatoms. The van der Waals surface area contributed by atoms with Crippen LogP contribution in [0.25, 0.3) is 0 Å². The molecule has 0 bridgehead atoms. The number of carbonyl (C=O) groups excluding carboxylic acids is 2. The summed E-state index contributed by atoms with van der Waals surface area (Å²) in [6.07, 6.45) is 1.56. The van der Waals surface area contributed by atoms with E-state index in [-0.39, 0.29) is 11.8 Å². The van der Waals surface area contributed by atoms with Gasteiger partial charge in [0.25, 0.3) is 5.91 Å². The highest BCUT2D eigenvalue weighted by Gasteiger charge is 2.44. The fourth-order valence-corrected chi connectivity index (χ4v) is 3.45. The average molecular weight is 280 g/mol.